The highest BCUT2D eigenvalue weighted by molar-refractivity contribution is 5.86. The second kappa shape index (κ2) is 7.50. The van der Waals surface area contributed by atoms with Crippen molar-refractivity contribution >= 4 is 22.5 Å². The molecule has 1 atom stereocenters. The van der Waals surface area contributed by atoms with E-state index in [9.17, 15) is 4.39 Å². The van der Waals surface area contributed by atoms with Crippen molar-refractivity contribution in [3.05, 3.63) is 78.5 Å². The summed E-state index contributed by atoms with van der Waals surface area (Å²) in [4.78, 5) is 11.2. The molecule has 29 heavy (non-hydrogen) atoms. The number of hydrogen-bond acceptors (Lipinski definition) is 5. The summed E-state index contributed by atoms with van der Waals surface area (Å²) < 4.78 is 15.8. The van der Waals surface area contributed by atoms with E-state index in [1.807, 2.05) is 24.3 Å². The molecule has 0 saturated carbocycles. The molecule has 6 nitrogen and oxygen atoms in total. The number of rotatable bonds is 5. The van der Waals surface area contributed by atoms with Crippen LogP contribution in [0, 0.1) is 5.82 Å². The normalized spacial score (nSPS) is 16.4. The Bertz CT molecular complexity index is 1130. The van der Waals surface area contributed by atoms with E-state index in [4.69, 9.17) is 0 Å². The Morgan fingerprint density at radius 2 is 1.86 bits per heavy atom. The fourth-order valence-corrected chi connectivity index (χ4v) is 3.88. The van der Waals surface area contributed by atoms with Crippen molar-refractivity contribution in [3.63, 3.8) is 0 Å². The number of halogens is 1. The van der Waals surface area contributed by atoms with Gasteiger partial charge in [0.15, 0.2) is 5.65 Å². The predicted octanol–water partition coefficient (Wildman–Crippen LogP) is 3.70. The summed E-state index contributed by atoms with van der Waals surface area (Å²) in [6.45, 7) is 2.11. The molecule has 1 fully saturated rings. The van der Waals surface area contributed by atoms with Crippen LogP contribution in [0.5, 0.6) is 0 Å². The molecule has 0 aliphatic carbocycles. The van der Waals surface area contributed by atoms with Crippen LogP contribution in [0.3, 0.4) is 0 Å². The number of hydrogen-bond donors (Lipinski definition) is 1. The molecule has 1 aliphatic heterocycles. The van der Waals surface area contributed by atoms with Crippen LogP contribution in [0.25, 0.3) is 11.0 Å². The molecule has 3 heterocycles. The van der Waals surface area contributed by atoms with Crippen LogP contribution >= 0.6 is 0 Å². The molecule has 146 valence electrons. The van der Waals surface area contributed by atoms with Crippen LogP contribution in [-0.2, 0) is 6.54 Å². The van der Waals surface area contributed by atoms with Gasteiger partial charge in [-0.2, -0.15) is 5.10 Å². The van der Waals surface area contributed by atoms with Gasteiger partial charge in [0.2, 0.25) is 0 Å². The first-order valence-corrected chi connectivity index (χ1v) is 9.74. The van der Waals surface area contributed by atoms with E-state index in [0.29, 0.717) is 18.2 Å². The van der Waals surface area contributed by atoms with Crippen molar-refractivity contribution < 1.29 is 4.39 Å². The van der Waals surface area contributed by atoms with Crippen LogP contribution < -0.4 is 10.2 Å². The third kappa shape index (κ3) is 3.51. The lowest BCUT2D eigenvalue weighted by Crippen LogP contribution is -2.26. The van der Waals surface area contributed by atoms with E-state index in [2.05, 4.69) is 37.4 Å². The first-order valence-electron chi connectivity index (χ1n) is 9.74. The van der Waals surface area contributed by atoms with Crippen LogP contribution in [0.15, 0.2) is 67.1 Å². The molecule has 0 bridgehead atoms. The van der Waals surface area contributed by atoms with Gasteiger partial charge in [0.1, 0.15) is 18.0 Å². The Morgan fingerprint density at radius 3 is 2.72 bits per heavy atom. The molecule has 2 aromatic carbocycles. The largest absolute Gasteiger partial charge is 0.380 e. The van der Waals surface area contributed by atoms with Gasteiger partial charge in [-0.3, -0.25) is 0 Å². The summed E-state index contributed by atoms with van der Waals surface area (Å²) in [6.07, 6.45) is 4.38. The van der Waals surface area contributed by atoms with Gasteiger partial charge in [-0.05, 0) is 24.6 Å². The molecule has 5 rings (SSSR count). The Labute approximate surface area is 168 Å². The van der Waals surface area contributed by atoms with Crippen molar-refractivity contribution in [2.45, 2.75) is 19.0 Å². The highest BCUT2D eigenvalue weighted by Crippen LogP contribution is 2.27. The Kier molecular flexibility index (Phi) is 4.56. The lowest BCUT2D eigenvalue weighted by molar-refractivity contribution is 0.589. The molecule has 1 N–H and O–H groups in total. The number of benzene rings is 2. The third-order valence-corrected chi connectivity index (χ3v) is 5.32. The standard InChI is InChI=1S/C22H21FN6/c23-20-9-5-4-6-16(20)13-29-22-19(12-26-29)21(24-15-25-22)28-11-10-18(14-28)27-17-7-2-1-3-8-17/h1-9,12,15,18,27H,10-11,13-14H2. The minimum absolute atomic E-state index is 0.236. The zero-order chi connectivity index (χ0) is 19.6. The molecule has 1 aliphatic rings. The van der Waals surface area contributed by atoms with Gasteiger partial charge in [-0.1, -0.05) is 36.4 Å². The topological polar surface area (TPSA) is 58.9 Å². The Morgan fingerprint density at radius 1 is 1.03 bits per heavy atom. The lowest BCUT2D eigenvalue weighted by Gasteiger charge is -2.19. The number of fused-ring (bicyclic) bond motifs is 1. The maximum atomic E-state index is 14.0. The minimum Gasteiger partial charge on any atom is -0.380 e. The van der Waals surface area contributed by atoms with Gasteiger partial charge in [0, 0.05) is 30.4 Å². The number of para-hydroxylation sites is 1. The summed E-state index contributed by atoms with van der Waals surface area (Å²) in [5, 5.41) is 8.93. The van der Waals surface area contributed by atoms with Crippen molar-refractivity contribution in [1.82, 2.24) is 19.7 Å². The highest BCUT2D eigenvalue weighted by Gasteiger charge is 2.25. The van der Waals surface area contributed by atoms with Crippen LogP contribution in [-0.4, -0.2) is 38.9 Å². The number of anilines is 2. The molecular formula is C22H21FN6. The molecule has 4 aromatic rings. The van der Waals surface area contributed by atoms with E-state index in [0.717, 1.165) is 42.0 Å². The smallest absolute Gasteiger partial charge is 0.163 e. The van der Waals surface area contributed by atoms with E-state index in [1.165, 1.54) is 6.07 Å². The fourth-order valence-electron chi connectivity index (χ4n) is 3.88. The Balaban J connectivity index is 1.37. The number of aromatic nitrogens is 4. The van der Waals surface area contributed by atoms with E-state index < -0.39 is 0 Å². The van der Waals surface area contributed by atoms with Gasteiger partial charge in [0.25, 0.3) is 0 Å². The summed E-state index contributed by atoms with van der Waals surface area (Å²) >= 11 is 0. The average Bonchev–Trinajstić information content (AvgIpc) is 3.38. The van der Waals surface area contributed by atoms with Crippen LogP contribution in [0.1, 0.15) is 12.0 Å². The summed E-state index contributed by atoms with van der Waals surface area (Å²) in [5.41, 5.74) is 2.44. The average molecular weight is 388 g/mol. The van der Waals surface area contributed by atoms with Crippen LogP contribution in [0.2, 0.25) is 0 Å². The molecule has 2 aromatic heterocycles. The van der Waals surface area contributed by atoms with E-state index >= 15 is 0 Å². The second-order valence-electron chi connectivity index (χ2n) is 7.27. The van der Waals surface area contributed by atoms with Gasteiger partial charge >= 0.3 is 0 Å². The van der Waals surface area contributed by atoms with E-state index in [1.54, 1.807) is 29.3 Å². The Hall–Kier alpha value is -3.48. The summed E-state index contributed by atoms with van der Waals surface area (Å²) in [5.74, 6) is 0.645. The first kappa shape index (κ1) is 17.6. The molecule has 7 heteroatoms. The molecule has 1 unspecified atom stereocenters. The maximum Gasteiger partial charge on any atom is 0.163 e. The molecule has 0 amide bonds. The van der Waals surface area contributed by atoms with Gasteiger partial charge in [-0.15, -0.1) is 0 Å². The summed E-state index contributed by atoms with van der Waals surface area (Å²) in [6, 6.07) is 17.4. The lowest BCUT2D eigenvalue weighted by atomic mass is 10.2. The quantitative estimate of drug-likeness (QED) is 0.565. The van der Waals surface area contributed by atoms with Gasteiger partial charge < -0.3 is 10.2 Å². The summed E-state index contributed by atoms with van der Waals surface area (Å²) in [7, 11) is 0. The molecule has 1 saturated heterocycles. The molecular weight excluding hydrogens is 367 g/mol. The fraction of sp³-hybridized carbons (Fsp3) is 0.227. The third-order valence-electron chi connectivity index (χ3n) is 5.32. The van der Waals surface area contributed by atoms with E-state index in [-0.39, 0.29) is 5.82 Å². The van der Waals surface area contributed by atoms with Gasteiger partial charge in [0.05, 0.1) is 18.1 Å². The first-order chi connectivity index (χ1) is 14.3. The molecule has 0 radical (unpaired) electrons. The van der Waals surface area contributed by atoms with Crippen molar-refractivity contribution in [2.24, 2.45) is 0 Å². The highest BCUT2D eigenvalue weighted by atomic mass is 19.1. The van der Waals surface area contributed by atoms with Gasteiger partial charge in [-0.25, -0.2) is 19.0 Å². The number of nitrogens with one attached hydrogen (secondary N) is 1. The molecule has 0 spiro atoms. The zero-order valence-electron chi connectivity index (χ0n) is 15.9. The number of nitrogens with zero attached hydrogens (tertiary/aromatic N) is 5. The van der Waals surface area contributed by atoms with Crippen molar-refractivity contribution in [3.8, 4) is 0 Å². The monoisotopic (exact) mass is 388 g/mol. The minimum atomic E-state index is -0.236. The SMILES string of the molecule is Fc1ccccc1Cn1ncc2c(N3CCC(Nc4ccccc4)C3)ncnc21. The maximum absolute atomic E-state index is 14.0. The van der Waals surface area contributed by atoms with Crippen molar-refractivity contribution in [2.75, 3.05) is 23.3 Å². The zero-order valence-corrected chi connectivity index (χ0v) is 15.9. The predicted molar refractivity (Wildman–Crippen MR) is 112 cm³/mol. The second-order valence-corrected chi connectivity index (χ2v) is 7.27. The van der Waals surface area contributed by atoms with Crippen molar-refractivity contribution in [1.29, 1.82) is 0 Å². The van der Waals surface area contributed by atoms with Crippen LogP contribution in [0.4, 0.5) is 15.9 Å².